The predicted molar refractivity (Wildman–Crippen MR) is 57.8 cm³/mol. The van der Waals surface area contributed by atoms with Gasteiger partial charge in [0.15, 0.2) is 6.29 Å². The average Bonchev–Trinajstić information content (AvgIpc) is 2.28. The molecule has 1 heterocycles. The van der Waals surface area contributed by atoms with E-state index in [1.165, 1.54) is 0 Å². The van der Waals surface area contributed by atoms with Gasteiger partial charge in [-0.15, -0.1) is 0 Å². The lowest BCUT2D eigenvalue weighted by Gasteiger charge is -2.38. The minimum absolute atomic E-state index is 0.0465. The van der Waals surface area contributed by atoms with Crippen molar-refractivity contribution in [2.24, 2.45) is 0 Å². The van der Waals surface area contributed by atoms with Crippen molar-refractivity contribution in [3.05, 3.63) is 35.9 Å². The van der Waals surface area contributed by atoms with Gasteiger partial charge in [-0.05, 0) is 0 Å². The van der Waals surface area contributed by atoms with Crippen LogP contribution in [0.15, 0.2) is 30.3 Å². The number of hydrogen-bond acceptors (Lipinski definition) is 3. The van der Waals surface area contributed by atoms with Crippen LogP contribution < -0.4 is 0 Å². The molecule has 84 valence electrons. The number of ether oxygens (including phenoxy) is 2. The number of carbonyl (C=O) groups is 1. The summed E-state index contributed by atoms with van der Waals surface area (Å²) in [5.74, 6) is 0.257. The Morgan fingerprint density at radius 1 is 1.00 bits per heavy atom. The van der Waals surface area contributed by atoms with Crippen LogP contribution in [0.25, 0.3) is 0 Å². The van der Waals surface area contributed by atoms with E-state index in [0.717, 1.165) is 12.0 Å². The van der Waals surface area contributed by atoms with Crippen molar-refractivity contribution in [3.63, 3.8) is 0 Å². The summed E-state index contributed by atoms with van der Waals surface area (Å²) in [6.45, 7) is 0. The van der Waals surface area contributed by atoms with Crippen LogP contribution in [0.3, 0.4) is 0 Å². The van der Waals surface area contributed by atoms with Crippen LogP contribution in [0.4, 0.5) is 0 Å². The SMILES string of the molecule is O=C1C[C@@H]2C[C@H](C1)OC(c1ccccc1)O2. The van der Waals surface area contributed by atoms with E-state index in [1.807, 2.05) is 30.3 Å². The van der Waals surface area contributed by atoms with E-state index in [1.54, 1.807) is 0 Å². The molecule has 3 nitrogen and oxygen atoms in total. The van der Waals surface area contributed by atoms with E-state index in [0.29, 0.717) is 12.8 Å². The number of ketones is 1. The van der Waals surface area contributed by atoms with Gasteiger partial charge in [0.1, 0.15) is 5.78 Å². The molecule has 2 bridgehead atoms. The molecule has 0 aromatic heterocycles. The molecule has 1 aromatic carbocycles. The van der Waals surface area contributed by atoms with E-state index in [2.05, 4.69) is 0 Å². The molecule has 0 amide bonds. The van der Waals surface area contributed by atoms with Crippen molar-refractivity contribution in [2.75, 3.05) is 0 Å². The molecular weight excluding hydrogens is 204 g/mol. The first-order valence-electron chi connectivity index (χ1n) is 5.69. The van der Waals surface area contributed by atoms with Crippen LogP contribution in [0.2, 0.25) is 0 Å². The van der Waals surface area contributed by atoms with Gasteiger partial charge in [0, 0.05) is 24.8 Å². The van der Waals surface area contributed by atoms with E-state index >= 15 is 0 Å². The Kier molecular flexibility index (Phi) is 2.50. The van der Waals surface area contributed by atoms with E-state index in [4.69, 9.17) is 9.47 Å². The van der Waals surface area contributed by atoms with Crippen molar-refractivity contribution in [1.29, 1.82) is 0 Å². The average molecular weight is 218 g/mol. The van der Waals surface area contributed by atoms with Crippen LogP contribution in [0.5, 0.6) is 0 Å². The molecule has 2 fully saturated rings. The number of carbonyl (C=O) groups excluding carboxylic acids is 1. The molecule has 0 spiro atoms. The van der Waals surface area contributed by atoms with Crippen LogP contribution in [-0.2, 0) is 14.3 Å². The number of rotatable bonds is 1. The quantitative estimate of drug-likeness (QED) is 0.725. The fourth-order valence-electron chi connectivity index (χ4n) is 2.41. The maximum atomic E-state index is 11.4. The molecule has 16 heavy (non-hydrogen) atoms. The van der Waals surface area contributed by atoms with Gasteiger partial charge in [-0.1, -0.05) is 30.3 Å². The highest BCUT2D eigenvalue weighted by Crippen LogP contribution is 2.35. The van der Waals surface area contributed by atoms with Crippen molar-refractivity contribution < 1.29 is 14.3 Å². The first kappa shape index (κ1) is 10.00. The third kappa shape index (κ3) is 1.88. The molecule has 3 heteroatoms. The summed E-state index contributed by atoms with van der Waals surface area (Å²) in [6.07, 6.45) is 1.75. The Labute approximate surface area is 94.4 Å². The lowest BCUT2D eigenvalue weighted by molar-refractivity contribution is -0.256. The van der Waals surface area contributed by atoms with Gasteiger partial charge in [0.2, 0.25) is 0 Å². The Bertz CT molecular complexity index is 371. The molecule has 0 radical (unpaired) electrons. The maximum absolute atomic E-state index is 11.4. The second-order valence-corrected chi connectivity index (χ2v) is 4.44. The third-order valence-corrected chi connectivity index (χ3v) is 3.14. The second-order valence-electron chi connectivity index (χ2n) is 4.44. The Morgan fingerprint density at radius 3 is 2.25 bits per heavy atom. The fourth-order valence-corrected chi connectivity index (χ4v) is 2.41. The summed E-state index contributed by atoms with van der Waals surface area (Å²) >= 11 is 0. The van der Waals surface area contributed by atoms with Gasteiger partial charge in [-0.3, -0.25) is 4.79 Å². The molecule has 1 saturated heterocycles. The fraction of sp³-hybridized carbons (Fsp3) is 0.462. The van der Waals surface area contributed by atoms with Crippen molar-refractivity contribution in [2.45, 2.75) is 37.8 Å². The highest BCUT2D eigenvalue weighted by molar-refractivity contribution is 5.80. The summed E-state index contributed by atoms with van der Waals surface area (Å²) in [5, 5.41) is 0. The molecular formula is C13H14O3. The maximum Gasteiger partial charge on any atom is 0.184 e. The first-order chi connectivity index (χ1) is 7.81. The summed E-state index contributed by atoms with van der Waals surface area (Å²) in [7, 11) is 0. The van der Waals surface area contributed by atoms with E-state index < -0.39 is 0 Å². The lowest BCUT2D eigenvalue weighted by atomic mass is 9.92. The number of fused-ring (bicyclic) bond motifs is 2. The summed E-state index contributed by atoms with van der Waals surface area (Å²) in [6, 6.07) is 9.90. The molecule has 1 aromatic rings. The number of benzene rings is 1. The minimum Gasteiger partial charge on any atom is -0.345 e. The number of hydrogen-bond donors (Lipinski definition) is 0. The van der Waals surface area contributed by atoms with E-state index in [-0.39, 0.29) is 24.3 Å². The van der Waals surface area contributed by atoms with Gasteiger partial charge in [0.25, 0.3) is 0 Å². The van der Waals surface area contributed by atoms with Gasteiger partial charge in [0.05, 0.1) is 12.2 Å². The minimum atomic E-state index is -0.293. The zero-order valence-electron chi connectivity index (χ0n) is 8.96. The first-order valence-corrected chi connectivity index (χ1v) is 5.69. The van der Waals surface area contributed by atoms with E-state index in [9.17, 15) is 4.79 Å². The Morgan fingerprint density at radius 2 is 1.62 bits per heavy atom. The summed E-state index contributed by atoms with van der Waals surface area (Å²) in [4.78, 5) is 11.4. The van der Waals surface area contributed by atoms with Crippen LogP contribution in [-0.4, -0.2) is 18.0 Å². The molecule has 1 saturated carbocycles. The third-order valence-electron chi connectivity index (χ3n) is 3.14. The van der Waals surface area contributed by atoms with Crippen molar-refractivity contribution >= 4 is 5.78 Å². The molecule has 1 aliphatic heterocycles. The zero-order chi connectivity index (χ0) is 11.0. The molecule has 3 rings (SSSR count). The molecule has 2 aliphatic rings. The van der Waals surface area contributed by atoms with Crippen LogP contribution in [0, 0.1) is 0 Å². The Balaban J connectivity index is 1.78. The molecule has 1 unspecified atom stereocenters. The molecule has 1 aliphatic carbocycles. The van der Waals surface area contributed by atoms with Gasteiger partial charge < -0.3 is 9.47 Å². The monoisotopic (exact) mass is 218 g/mol. The topological polar surface area (TPSA) is 35.5 Å². The highest BCUT2D eigenvalue weighted by atomic mass is 16.7. The molecule has 3 atom stereocenters. The number of Topliss-reactive ketones (excluding diaryl/α,β-unsaturated/α-hetero) is 1. The summed E-state index contributed by atoms with van der Waals surface area (Å²) < 4.78 is 11.5. The lowest BCUT2D eigenvalue weighted by Crippen LogP contribution is -2.40. The summed E-state index contributed by atoms with van der Waals surface area (Å²) in [5.41, 5.74) is 1.03. The van der Waals surface area contributed by atoms with Gasteiger partial charge in [-0.2, -0.15) is 0 Å². The van der Waals surface area contributed by atoms with Gasteiger partial charge in [-0.25, -0.2) is 0 Å². The standard InChI is InChI=1S/C13H14O3/c14-10-6-11-8-12(7-10)16-13(15-11)9-4-2-1-3-5-9/h1-5,11-13H,6-8H2/t11-,12+,13?. The van der Waals surface area contributed by atoms with Crippen LogP contribution >= 0.6 is 0 Å². The van der Waals surface area contributed by atoms with Crippen molar-refractivity contribution in [3.8, 4) is 0 Å². The second kappa shape index (κ2) is 4.00. The normalized spacial score (nSPS) is 33.8. The van der Waals surface area contributed by atoms with Crippen LogP contribution in [0.1, 0.15) is 31.1 Å². The van der Waals surface area contributed by atoms with Crippen molar-refractivity contribution in [1.82, 2.24) is 0 Å². The zero-order valence-corrected chi connectivity index (χ0v) is 8.96. The largest absolute Gasteiger partial charge is 0.345 e. The van der Waals surface area contributed by atoms with Gasteiger partial charge >= 0.3 is 0 Å². The predicted octanol–water partition coefficient (Wildman–Crippen LogP) is 2.22. The Hall–Kier alpha value is -1.19. The molecule has 0 N–H and O–H groups in total. The smallest absolute Gasteiger partial charge is 0.184 e. The highest BCUT2D eigenvalue weighted by Gasteiger charge is 2.37.